The molecule has 0 spiro atoms. The molecule has 2 heterocycles. The van der Waals surface area contributed by atoms with Crippen LogP contribution in [0.3, 0.4) is 0 Å². The second kappa shape index (κ2) is 11.7. The van der Waals surface area contributed by atoms with Gasteiger partial charge in [0.25, 0.3) is 5.91 Å². The fourth-order valence-corrected chi connectivity index (χ4v) is 5.85. The summed E-state index contributed by atoms with van der Waals surface area (Å²) < 4.78 is 0. The predicted molar refractivity (Wildman–Crippen MR) is 146 cm³/mol. The maximum atomic E-state index is 13.0. The fourth-order valence-electron chi connectivity index (χ4n) is 4.99. The Bertz CT molecular complexity index is 1220. The van der Waals surface area contributed by atoms with Crippen LogP contribution in [0.4, 0.5) is 5.69 Å². The van der Waals surface area contributed by atoms with Gasteiger partial charge >= 0.3 is 0 Å². The molecule has 1 saturated carbocycles. The zero-order valence-corrected chi connectivity index (χ0v) is 21.5. The van der Waals surface area contributed by atoms with E-state index in [4.69, 9.17) is 4.99 Å². The third-order valence-corrected chi connectivity index (χ3v) is 7.82. The Labute approximate surface area is 221 Å². The van der Waals surface area contributed by atoms with Gasteiger partial charge in [0.2, 0.25) is 11.8 Å². The minimum Gasteiger partial charge on any atom is -0.356 e. The monoisotopic (exact) mass is 517 g/mol. The van der Waals surface area contributed by atoms with Crippen molar-refractivity contribution in [1.82, 2.24) is 15.5 Å². The number of hydrogen-bond acceptors (Lipinski definition) is 6. The molecule has 3 aliphatic rings. The molecule has 1 fully saturated rings. The van der Waals surface area contributed by atoms with Crippen LogP contribution in [-0.4, -0.2) is 58.0 Å². The molecule has 8 nitrogen and oxygen atoms in total. The van der Waals surface area contributed by atoms with Crippen molar-refractivity contribution in [3.8, 4) is 0 Å². The van der Waals surface area contributed by atoms with Gasteiger partial charge in [-0.25, -0.2) is 4.99 Å². The normalized spacial score (nSPS) is 19.0. The first-order valence-corrected chi connectivity index (χ1v) is 13.9. The van der Waals surface area contributed by atoms with E-state index in [0.29, 0.717) is 29.7 Å². The van der Waals surface area contributed by atoms with Crippen molar-refractivity contribution in [2.24, 2.45) is 9.98 Å². The minimum absolute atomic E-state index is 0.0311. The van der Waals surface area contributed by atoms with E-state index in [-0.39, 0.29) is 35.9 Å². The lowest BCUT2D eigenvalue weighted by molar-refractivity contribution is -0.126. The van der Waals surface area contributed by atoms with Gasteiger partial charge in [-0.2, -0.15) is 4.99 Å². The van der Waals surface area contributed by atoms with Gasteiger partial charge in [-0.05, 0) is 37.0 Å². The van der Waals surface area contributed by atoms with Crippen LogP contribution in [0.25, 0.3) is 0 Å². The molecular formula is C28H31N5O3S. The lowest BCUT2D eigenvalue weighted by atomic mass is 9.95. The number of rotatable bonds is 8. The predicted octanol–water partition coefficient (Wildman–Crippen LogP) is 3.58. The first kappa shape index (κ1) is 25.2. The lowest BCUT2D eigenvalue weighted by Gasteiger charge is -2.31. The lowest BCUT2D eigenvalue weighted by Crippen LogP contribution is -2.46. The molecule has 3 amide bonds. The van der Waals surface area contributed by atoms with Crippen molar-refractivity contribution < 1.29 is 14.4 Å². The summed E-state index contributed by atoms with van der Waals surface area (Å²) in [4.78, 5) is 49.3. The van der Waals surface area contributed by atoms with E-state index >= 15 is 0 Å². The van der Waals surface area contributed by atoms with Crippen LogP contribution in [0.15, 0.2) is 64.6 Å². The zero-order valence-electron chi connectivity index (χ0n) is 20.7. The molecule has 9 heteroatoms. The molecule has 2 aliphatic heterocycles. The highest BCUT2D eigenvalue weighted by atomic mass is 32.2. The molecule has 1 unspecified atom stereocenters. The quantitative estimate of drug-likeness (QED) is 0.557. The van der Waals surface area contributed by atoms with E-state index in [2.05, 4.69) is 15.6 Å². The van der Waals surface area contributed by atoms with Crippen molar-refractivity contribution in [2.75, 3.05) is 12.3 Å². The summed E-state index contributed by atoms with van der Waals surface area (Å²) >= 11 is 1.28. The molecule has 2 aromatic rings. The highest BCUT2D eigenvalue weighted by Gasteiger charge is 2.42. The number of aliphatic imine (C=N–C) groups is 2. The number of carbonyl (C=O) groups is 3. The Hall–Kier alpha value is -3.46. The van der Waals surface area contributed by atoms with Gasteiger partial charge in [0.1, 0.15) is 11.9 Å². The summed E-state index contributed by atoms with van der Waals surface area (Å²) in [5.74, 6) is 0.0465. The van der Waals surface area contributed by atoms with Gasteiger partial charge in [-0.3, -0.25) is 19.3 Å². The maximum absolute atomic E-state index is 13.0. The van der Waals surface area contributed by atoms with Crippen molar-refractivity contribution >= 4 is 46.2 Å². The highest BCUT2D eigenvalue weighted by Crippen LogP contribution is 2.34. The van der Waals surface area contributed by atoms with Crippen LogP contribution in [0.1, 0.15) is 49.7 Å². The number of para-hydroxylation sites is 1. The number of amides is 3. The maximum Gasteiger partial charge on any atom is 0.271 e. The number of hydrogen-bond donors (Lipinski definition) is 2. The Morgan fingerprint density at radius 1 is 0.946 bits per heavy atom. The van der Waals surface area contributed by atoms with Crippen LogP contribution in [0.2, 0.25) is 0 Å². The third kappa shape index (κ3) is 6.10. The van der Waals surface area contributed by atoms with Gasteiger partial charge in [-0.1, -0.05) is 73.5 Å². The van der Waals surface area contributed by atoms with Crippen molar-refractivity contribution in [3.63, 3.8) is 0 Å². The standard InChI is InChI=1S/C28H31N5O3S/c34-24(29-16-15-19-9-3-1-4-10-19)17-23-27(36)32-26-21-13-7-8-14-22(21)31-28(33(23)26)37-18-25(35)30-20-11-5-2-6-12-20/h1,3-4,7-10,13-14,20,23H,2,5-6,11-12,15-18H2,(H,29,34)(H,30,35). The molecule has 0 radical (unpaired) electrons. The van der Waals surface area contributed by atoms with Crippen molar-refractivity contribution in [1.29, 1.82) is 0 Å². The zero-order chi connectivity index (χ0) is 25.6. The average molecular weight is 518 g/mol. The van der Waals surface area contributed by atoms with Crippen LogP contribution < -0.4 is 10.6 Å². The average Bonchev–Trinajstić information content (AvgIpc) is 3.24. The van der Waals surface area contributed by atoms with Crippen LogP contribution in [0.5, 0.6) is 0 Å². The summed E-state index contributed by atoms with van der Waals surface area (Å²) in [7, 11) is 0. The summed E-state index contributed by atoms with van der Waals surface area (Å²) in [5, 5.41) is 6.57. The SMILES string of the molecule is O=C(CC1C(=O)N=C2c3ccccc3N=C(SCC(=O)NC3CCCCC3)N21)NCCc1ccccc1. The molecule has 2 N–H and O–H groups in total. The first-order valence-electron chi connectivity index (χ1n) is 12.9. The fraction of sp³-hybridized carbons (Fsp3) is 0.393. The van der Waals surface area contributed by atoms with E-state index < -0.39 is 6.04 Å². The molecule has 2 aromatic carbocycles. The van der Waals surface area contributed by atoms with Gasteiger partial charge in [0.15, 0.2) is 5.17 Å². The highest BCUT2D eigenvalue weighted by molar-refractivity contribution is 8.14. The molecule has 192 valence electrons. The Morgan fingerprint density at radius 2 is 1.70 bits per heavy atom. The summed E-state index contributed by atoms with van der Waals surface area (Å²) in [5.41, 5.74) is 2.59. The number of thioether (sulfide) groups is 1. The minimum atomic E-state index is -0.785. The topological polar surface area (TPSA) is 103 Å². The van der Waals surface area contributed by atoms with E-state index in [1.165, 1.54) is 18.2 Å². The number of fused-ring (bicyclic) bond motifs is 3. The number of benzene rings is 2. The van der Waals surface area contributed by atoms with Crippen LogP contribution in [0, 0.1) is 0 Å². The van der Waals surface area contributed by atoms with E-state index in [9.17, 15) is 14.4 Å². The molecule has 5 rings (SSSR count). The van der Waals surface area contributed by atoms with E-state index in [1.54, 1.807) is 4.90 Å². The Balaban J connectivity index is 1.25. The van der Waals surface area contributed by atoms with Crippen molar-refractivity contribution in [2.45, 2.75) is 57.0 Å². The number of amidine groups is 2. The molecular weight excluding hydrogens is 486 g/mol. The molecule has 0 aromatic heterocycles. The molecule has 0 saturated heterocycles. The van der Waals surface area contributed by atoms with Crippen molar-refractivity contribution in [3.05, 3.63) is 65.7 Å². The smallest absolute Gasteiger partial charge is 0.271 e. The van der Waals surface area contributed by atoms with Crippen LogP contribution in [-0.2, 0) is 20.8 Å². The van der Waals surface area contributed by atoms with Gasteiger partial charge < -0.3 is 10.6 Å². The van der Waals surface area contributed by atoms with Crippen LogP contribution >= 0.6 is 11.8 Å². The largest absolute Gasteiger partial charge is 0.356 e. The Kier molecular flexibility index (Phi) is 7.99. The van der Waals surface area contributed by atoms with Gasteiger partial charge in [0.05, 0.1) is 17.9 Å². The number of carbonyl (C=O) groups excluding carboxylic acids is 3. The summed E-state index contributed by atoms with van der Waals surface area (Å²) in [6, 6.07) is 16.9. The Morgan fingerprint density at radius 3 is 2.51 bits per heavy atom. The molecule has 37 heavy (non-hydrogen) atoms. The van der Waals surface area contributed by atoms with E-state index in [0.717, 1.165) is 36.8 Å². The number of nitrogens with zero attached hydrogens (tertiary/aromatic N) is 3. The summed E-state index contributed by atoms with van der Waals surface area (Å²) in [6.07, 6.45) is 6.23. The second-order valence-electron chi connectivity index (χ2n) is 9.55. The molecule has 0 bridgehead atoms. The van der Waals surface area contributed by atoms with E-state index in [1.807, 2.05) is 54.6 Å². The van der Waals surface area contributed by atoms with Gasteiger partial charge in [-0.15, -0.1) is 0 Å². The third-order valence-electron chi connectivity index (χ3n) is 6.87. The van der Waals surface area contributed by atoms with Gasteiger partial charge in [0, 0.05) is 18.2 Å². The second-order valence-corrected chi connectivity index (χ2v) is 10.5. The molecule has 1 aliphatic carbocycles. The molecule has 1 atom stereocenters. The summed E-state index contributed by atoms with van der Waals surface area (Å²) in [6.45, 7) is 0.483. The number of nitrogens with one attached hydrogen (secondary N) is 2. The first-order chi connectivity index (χ1) is 18.1.